The van der Waals surface area contributed by atoms with Crippen LogP contribution >= 0.6 is 22.9 Å². The third kappa shape index (κ3) is 3.48. The number of hydrogen-bond acceptors (Lipinski definition) is 3. The Bertz CT molecular complexity index is 495. The Hall–Kier alpha value is -1.03. The van der Waals surface area contributed by atoms with Crippen LogP contribution in [0.5, 0.6) is 5.75 Å². The van der Waals surface area contributed by atoms with E-state index in [0.29, 0.717) is 6.04 Å². The summed E-state index contributed by atoms with van der Waals surface area (Å²) in [5.74, 6) is 0.885. The van der Waals surface area contributed by atoms with E-state index in [0.717, 1.165) is 16.6 Å². The average Bonchev–Trinajstić information content (AvgIpc) is 2.82. The summed E-state index contributed by atoms with van der Waals surface area (Å²) in [6, 6.07) is 12.4. The van der Waals surface area contributed by atoms with Gasteiger partial charge >= 0.3 is 0 Å². The Morgan fingerprint density at radius 2 is 1.94 bits per heavy atom. The molecule has 0 unspecified atom stereocenters. The molecule has 18 heavy (non-hydrogen) atoms. The first kappa shape index (κ1) is 13.4. The van der Waals surface area contributed by atoms with Crippen molar-refractivity contribution < 1.29 is 4.74 Å². The number of benzene rings is 1. The minimum Gasteiger partial charge on any atom is -0.497 e. The molecule has 0 amide bonds. The number of ether oxygens (including phenoxy) is 1. The highest BCUT2D eigenvalue weighted by atomic mass is 35.5. The molecule has 0 saturated carbocycles. The summed E-state index contributed by atoms with van der Waals surface area (Å²) in [6.07, 6.45) is 0. The summed E-state index contributed by atoms with van der Waals surface area (Å²) >= 11 is 7.52. The van der Waals surface area contributed by atoms with E-state index in [2.05, 4.69) is 30.4 Å². The predicted octanol–water partition coefficient (Wildman–Crippen LogP) is 4.26. The Balaban J connectivity index is 1.92. The van der Waals surface area contributed by atoms with Crippen LogP contribution in [0.3, 0.4) is 0 Å². The summed E-state index contributed by atoms with van der Waals surface area (Å²) in [4.78, 5) is 1.25. The number of methoxy groups -OCH3 is 1. The van der Waals surface area contributed by atoms with Crippen molar-refractivity contribution in [3.8, 4) is 5.75 Å². The zero-order chi connectivity index (χ0) is 13.0. The molecule has 1 atom stereocenters. The Morgan fingerprint density at radius 3 is 2.50 bits per heavy atom. The van der Waals surface area contributed by atoms with E-state index in [1.165, 1.54) is 10.4 Å². The molecule has 0 aliphatic carbocycles. The first-order valence-electron chi connectivity index (χ1n) is 5.80. The normalized spacial score (nSPS) is 12.4. The summed E-state index contributed by atoms with van der Waals surface area (Å²) in [5.41, 5.74) is 1.25. The standard InChI is InChI=1S/C14H16ClNOS/c1-10(11-3-5-12(17-2)6-4-11)16-9-13-7-8-14(15)18-13/h3-8,10,16H,9H2,1-2H3/t10-/m1/s1. The largest absolute Gasteiger partial charge is 0.497 e. The van der Waals surface area contributed by atoms with E-state index < -0.39 is 0 Å². The third-order valence-corrected chi connectivity index (χ3v) is 4.06. The van der Waals surface area contributed by atoms with Gasteiger partial charge in [0.15, 0.2) is 0 Å². The van der Waals surface area contributed by atoms with Crippen LogP contribution in [0.25, 0.3) is 0 Å². The van der Waals surface area contributed by atoms with E-state index in [1.54, 1.807) is 18.4 Å². The molecule has 0 spiro atoms. The monoisotopic (exact) mass is 281 g/mol. The van der Waals surface area contributed by atoms with Crippen LogP contribution in [0.1, 0.15) is 23.4 Å². The molecule has 2 nitrogen and oxygen atoms in total. The van der Waals surface area contributed by atoms with Gasteiger partial charge in [-0.2, -0.15) is 0 Å². The molecule has 1 aromatic heterocycles. The second-order valence-corrected chi connectivity index (χ2v) is 5.88. The maximum atomic E-state index is 5.90. The van der Waals surface area contributed by atoms with Crippen molar-refractivity contribution >= 4 is 22.9 Å². The molecule has 0 saturated heterocycles. The number of halogens is 1. The van der Waals surface area contributed by atoms with E-state index >= 15 is 0 Å². The highest BCUT2D eigenvalue weighted by molar-refractivity contribution is 7.16. The molecule has 4 heteroatoms. The molecule has 0 aliphatic heterocycles. The molecule has 1 heterocycles. The highest BCUT2D eigenvalue weighted by Gasteiger charge is 2.06. The summed E-state index contributed by atoms with van der Waals surface area (Å²) in [7, 11) is 1.68. The maximum absolute atomic E-state index is 5.90. The van der Waals surface area contributed by atoms with Crippen molar-refractivity contribution in [2.75, 3.05) is 7.11 Å². The Labute approximate surface area is 117 Å². The number of thiophene rings is 1. The van der Waals surface area contributed by atoms with Gasteiger partial charge in [0.25, 0.3) is 0 Å². The molecule has 1 aromatic carbocycles. The molecule has 2 rings (SSSR count). The molecule has 0 bridgehead atoms. The van der Waals surface area contributed by atoms with Gasteiger partial charge in [-0.05, 0) is 36.8 Å². The molecule has 2 aromatic rings. The predicted molar refractivity (Wildman–Crippen MR) is 77.6 cm³/mol. The first-order chi connectivity index (χ1) is 8.69. The van der Waals surface area contributed by atoms with E-state index in [4.69, 9.17) is 16.3 Å². The Kier molecular flexibility index (Phi) is 4.64. The number of nitrogens with one attached hydrogen (secondary N) is 1. The van der Waals surface area contributed by atoms with Crippen LogP contribution in [0, 0.1) is 0 Å². The van der Waals surface area contributed by atoms with Crippen molar-refractivity contribution in [3.63, 3.8) is 0 Å². The molecular formula is C14H16ClNOS. The van der Waals surface area contributed by atoms with Crippen LogP contribution in [0.15, 0.2) is 36.4 Å². The number of rotatable bonds is 5. The molecule has 0 aliphatic rings. The fraction of sp³-hybridized carbons (Fsp3) is 0.286. The fourth-order valence-electron chi connectivity index (χ4n) is 1.71. The summed E-state index contributed by atoms with van der Waals surface area (Å²) < 4.78 is 5.98. The van der Waals surface area contributed by atoms with Gasteiger partial charge in [0.2, 0.25) is 0 Å². The average molecular weight is 282 g/mol. The molecule has 0 radical (unpaired) electrons. The van der Waals surface area contributed by atoms with Gasteiger partial charge in [0, 0.05) is 17.5 Å². The van der Waals surface area contributed by atoms with Gasteiger partial charge in [-0.15, -0.1) is 11.3 Å². The van der Waals surface area contributed by atoms with Crippen LogP contribution in [-0.4, -0.2) is 7.11 Å². The molecular weight excluding hydrogens is 266 g/mol. The highest BCUT2D eigenvalue weighted by Crippen LogP contribution is 2.22. The molecule has 1 N–H and O–H groups in total. The zero-order valence-corrected chi connectivity index (χ0v) is 12.0. The van der Waals surface area contributed by atoms with Crippen molar-refractivity contribution in [2.45, 2.75) is 19.5 Å². The lowest BCUT2D eigenvalue weighted by molar-refractivity contribution is 0.414. The van der Waals surface area contributed by atoms with E-state index in [1.807, 2.05) is 18.2 Å². The van der Waals surface area contributed by atoms with Gasteiger partial charge in [0.1, 0.15) is 5.75 Å². The van der Waals surface area contributed by atoms with E-state index in [-0.39, 0.29) is 0 Å². The van der Waals surface area contributed by atoms with Gasteiger partial charge in [0.05, 0.1) is 11.4 Å². The summed E-state index contributed by atoms with van der Waals surface area (Å²) in [6.45, 7) is 2.99. The second-order valence-electron chi connectivity index (χ2n) is 4.08. The van der Waals surface area contributed by atoms with Crippen LogP contribution in [0.2, 0.25) is 4.34 Å². The third-order valence-electron chi connectivity index (χ3n) is 2.83. The van der Waals surface area contributed by atoms with Crippen molar-refractivity contribution in [3.05, 3.63) is 51.2 Å². The topological polar surface area (TPSA) is 21.3 Å². The second kappa shape index (κ2) is 6.23. The molecule has 96 valence electrons. The van der Waals surface area contributed by atoms with Crippen LogP contribution in [-0.2, 0) is 6.54 Å². The lowest BCUT2D eigenvalue weighted by Crippen LogP contribution is -2.17. The lowest BCUT2D eigenvalue weighted by Gasteiger charge is -2.14. The van der Waals surface area contributed by atoms with Gasteiger partial charge in [-0.3, -0.25) is 0 Å². The Morgan fingerprint density at radius 1 is 1.22 bits per heavy atom. The summed E-state index contributed by atoms with van der Waals surface area (Å²) in [5, 5.41) is 3.48. The smallest absolute Gasteiger partial charge is 0.118 e. The minimum atomic E-state index is 0.303. The van der Waals surface area contributed by atoms with Crippen LogP contribution < -0.4 is 10.1 Å². The quantitative estimate of drug-likeness (QED) is 0.884. The van der Waals surface area contributed by atoms with Crippen molar-refractivity contribution in [2.24, 2.45) is 0 Å². The fourth-order valence-corrected chi connectivity index (χ4v) is 2.75. The van der Waals surface area contributed by atoms with Gasteiger partial charge in [-0.1, -0.05) is 23.7 Å². The SMILES string of the molecule is COc1ccc([C@@H](C)NCc2ccc(Cl)s2)cc1. The van der Waals surface area contributed by atoms with E-state index in [9.17, 15) is 0 Å². The number of hydrogen-bond donors (Lipinski definition) is 1. The van der Waals surface area contributed by atoms with Crippen molar-refractivity contribution in [1.29, 1.82) is 0 Å². The van der Waals surface area contributed by atoms with Crippen molar-refractivity contribution in [1.82, 2.24) is 5.32 Å². The minimum absolute atomic E-state index is 0.303. The van der Waals surface area contributed by atoms with Gasteiger partial charge < -0.3 is 10.1 Å². The van der Waals surface area contributed by atoms with Gasteiger partial charge in [-0.25, -0.2) is 0 Å². The maximum Gasteiger partial charge on any atom is 0.118 e. The van der Waals surface area contributed by atoms with Crippen LogP contribution in [0.4, 0.5) is 0 Å². The molecule has 0 fully saturated rings. The lowest BCUT2D eigenvalue weighted by atomic mass is 10.1. The first-order valence-corrected chi connectivity index (χ1v) is 7.00. The zero-order valence-electron chi connectivity index (χ0n) is 10.4.